The monoisotopic (exact) mass is 394 g/mol. The number of allylic oxidation sites excluding steroid dienone is 2. The lowest BCUT2D eigenvalue weighted by Gasteiger charge is -2.38. The molecule has 0 spiro atoms. The fourth-order valence-electron chi connectivity index (χ4n) is 3.81. The molecule has 0 fully saturated rings. The van der Waals surface area contributed by atoms with Crippen LogP contribution in [0.15, 0.2) is 66.2 Å². The fraction of sp³-hybridized carbons (Fsp3) is 0.273. The van der Waals surface area contributed by atoms with Crippen LogP contribution in [0.3, 0.4) is 0 Å². The molecule has 2 atom stereocenters. The van der Waals surface area contributed by atoms with Crippen LogP contribution in [-0.4, -0.2) is 21.9 Å². The number of aliphatic carboxylic acids is 1. The predicted octanol–water partition coefficient (Wildman–Crippen LogP) is 3.81. The summed E-state index contributed by atoms with van der Waals surface area (Å²) in [5, 5.41) is 23.8. The number of hydrogen-bond donors (Lipinski definition) is 2. The highest BCUT2D eigenvalue weighted by molar-refractivity contribution is 6.03. The second kappa shape index (κ2) is 8.26. The van der Waals surface area contributed by atoms with E-state index in [-0.39, 0.29) is 18.7 Å². The van der Waals surface area contributed by atoms with E-state index >= 15 is 0 Å². The van der Waals surface area contributed by atoms with Crippen LogP contribution in [0.25, 0.3) is 0 Å². The van der Waals surface area contributed by atoms with Crippen molar-refractivity contribution in [1.29, 1.82) is 0 Å². The van der Waals surface area contributed by atoms with E-state index in [1.807, 2.05) is 37.3 Å². The standard InChI is InChI=1S/C22H22N2O5/c1-15-11-12-22(21(26)27,20(25)23-14-16-5-3-2-4-6-16)19(13-15)17-7-9-18(10-8-17)24(28)29/h2-11,19H,12-14H2,1H3,(H,23,25)(H,26,27)/t19-,22-/m0/s1. The van der Waals surface area contributed by atoms with Crippen LogP contribution in [-0.2, 0) is 16.1 Å². The average Bonchev–Trinajstić information content (AvgIpc) is 2.72. The van der Waals surface area contributed by atoms with Crippen molar-refractivity contribution in [3.8, 4) is 0 Å². The third-order valence-corrected chi connectivity index (χ3v) is 5.48. The molecule has 150 valence electrons. The van der Waals surface area contributed by atoms with Crippen molar-refractivity contribution in [3.63, 3.8) is 0 Å². The topological polar surface area (TPSA) is 110 Å². The maximum atomic E-state index is 13.2. The SMILES string of the molecule is CC1=CC[C@@](C(=O)O)(C(=O)NCc2ccccc2)[C@H](c2ccc([N+](=O)[O-])cc2)C1. The molecule has 2 aromatic carbocycles. The second-order valence-corrected chi connectivity index (χ2v) is 7.30. The molecular weight excluding hydrogens is 372 g/mol. The molecule has 1 aliphatic carbocycles. The number of carbonyl (C=O) groups excluding carboxylic acids is 1. The number of nitrogens with one attached hydrogen (secondary N) is 1. The summed E-state index contributed by atoms with van der Waals surface area (Å²) in [6.45, 7) is 2.12. The van der Waals surface area contributed by atoms with Gasteiger partial charge < -0.3 is 10.4 Å². The maximum Gasteiger partial charge on any atom is 0.320 e. The van der Waals surface area contributed by atoms with Crippen molar-refractivity contribution in [3.05, 3.63) is 87.5 Å². The predicted molar refractivity (Wildman–Crippen MR) is 107 cm³/mol. The number of nitro groups is 1. The van der Waals surface area contributed by atoms with E-state index in [1.54, 1.807) is 18.2 Å². The van der Waals surface area contributed by atoms with Crippen molar-refractivity contribution in [2.24, 2.45) is 5.41 Å². The van der Waals surface area contributed by atoms with Gasteiger partial charge in [0.05, 0.1) is 4.92 Å². The van der Waals surface area contributed by atoms with Gasteiger partial charge in [-0.15, -0.1) is 0 Å². The Labute approximate surface area is 168 Å². The highest BCUT2D eigenvalue weighted by atomic mass is 16.6. The van der Waals surface area contributed by atoms with E-state index in [9.17, 15) is 24.8 Å². The molecule has 7 heteroatoms. The second-order valence-electron chi connectivity index (χ2n) is 7.30. The molecule has 1 aliphatic rings. The van der Waals surface area contributed by atoms with E-state index in [0.717, 1.165) is 11.1 Å². The Kier molecular flexibility index (Phi) is 5.77. The van der Waals surface area contributed by atoms with E-state index < -0.39 is 28.1 Å². The highest BCUT2D eigenvalue weighted by Gasteiger charge is 2.53. The third-order valence-electron chi connectivity index (χ3n) is 5.48. The van der Waals surface area contributed by atoms with Crippen LogP contribution in [0.1, 0.15) is 36.8 Å². The van der Waals surface area contributed by atoms with Gasteiger partial charge in [0.15, 0.2) is 5.41 Å². The van der Waals surface area contributed by atoms with Gasteiger partial charge in [-0.1, -0.05) is 54.1 Å². The molecule has 7 nitrogen and oxygen atoms in total. The lowest BCUT2D eigenvalue weighted by molar-refractivity contribution is -0.384. The zero-order valence-electron chi connectivity index (χ0n) is 16.0. The van der Waals surface area contributed by atoms with Gasteiger partial charge in [0, 0.05) is 24.6 Å². The zero-order chi connectivity index (χ0) is 21.0. The van der Waals surface area contributed by atoms with E-state index in [2.05, 4.69) is 5.32 Å². The Hall–Kier alpha value is -3.48. The van der Waals surface area contributed by atoms with E-state index in [0.29, 0.717) is 12.0 Å². The first-order valence-corrected chi connectivity index (χ1v) is 9.30. The summed E-state index contributed by atoms with van der Waals surface area (Å²) in [5.41, 5.74) is 0.702. The molecule has 0 saturated heterocycles. The highest BCUT2D eigenvalue weighted by Crippen LogP contribution is 2.47. The van der Waals surface area contributed by atoms with Crippen LogP contribution in [0.2, 0.25) is 0 Å². The molecule has 0 aliphatic heterocycles. The van der Waals surface area contributed by atoms with E-state index in [1.165, 1.54) is 12.1 Å². The van der Waals surface area contributed by atoms with Gasteiger partial charge in [-0.2, -0.15) is 0 Å². The molecule has 0 radical (unpaired) electrons. The van der Waals surface area contributed by atoms with Gasteiger partial charge in [0.25, 0.3) is 5.69 Å². The summed E-state index contributed by atoms with van der Waals surface area (Å²) >= 11 is 0. The summed E-state index contributed by atoms with van der Waals surface area (Å²) in [4.78, 5) is 36.0. The molecule has 0 unspecified atom stereocenters. The van der Waals surface area contributed by atoms with Crippen molar-refractivity contribution < 1.29 is 19.6 Å². The largest absolute Gasteiger partial charge is 0.480 e. The molecule has 0 bridgehead atoms. The lowest BCUT2D eigenvalue weighted by atomic mass is 9.63. The Balaban J connectivity index is 1.95. The first-order chi connectivity index (χ1) is 13.8. The molecular formula is C22H22N2O5. The molecule has 0 heterocycles. The van der Waals surface area contributed by atoms with Gasteiger partial charge >= 0.3 is 5.97 Å². The van der Waals surface area contributed by atoms with Crippen molar-refractivity contribution in [1.82, 2.24) is 5.32 Å². The van der Waals surface area contributed by atoms with Crippen LogP contribution < -0.4 is 5.32 Å². The number of benzene rings is 2. The quantitative estimate of drug-likeness (QED) is 0.335. The number of carboxylic acid groups (broad SMARTS) is 1. The van der Waals surface area contributed by atoms with Crippen LogP contribution in [0, 0.1) is 15.5 Å². The molecule has 0 aromatic heterocycles. The zero-order valence-corrected chi connectivity index (χ0v) is 16.0. The van der Waals surface area contributed by atoms with Gasteiger partial charge in [-0.3, -0.25) is 19.7 Å². The van der Waals surface area contributed by atoms with Gasteiger partial charge in [-0.25, -0.2) is 0 Å². The van der Waals surface area contributed by atoms with Crippen molar-refractivity contribution in [2.75, 3.05) is 0 Å². The Bertz CT molecular complexity index is 953. The number of nitro benzene ring substituents is 1. The molecule has 1 amide bonds. The summed E-state index contributed by atoms with van der Waals surface area (Å²) in [6.07, 6.45) is 2.25. The number of rotatable bonds is 6. The fourth-order valence-corrected chi connectivity index (χ4v) is 3.81. The van der Waals surface area contributed by atoms with Crippen LogP contribution in [0.4, 0.5) is 5.69 Å². The number of hydrogen-bond acceptors (Lipinski definition) is 4. The number of nitrogens with zero attached hydrogens (tertiary/aromatic N) is 1. The van der Waals surface area contributed by atoms with Gasteiger partial charge in [0.2, 0.25) is 5.91 Å². The number of carboxylic acids is 1. The van der Waals surface area contributed by atoms with Crippen molar-refractivity contribution in [2.45, 2.75) is 32.2 Å². The lowest BCUT2D eigenvalue weighted by Crippen LogP contribution is -2.51. The number of non-ortho nitro benzene ring substituents is 1. The minimum absolute atomic E-state index is 0.0659. The molecule has 2 aromatic rings. The Morgan fingerprint density at radius 2 is 1.83 bits per heavy atom. The smallest absolute Gasteiger partial charge is 0.320 e. The number of carbonyl (C=O) groups is 2. The Morgan fingerprint density at radius 3 is 2.41 bits per heavy atom. The molecule has 3 rings (SSSR count). The van der Waals surface area contributed by atoms with E-state index in [4.69, 9.17) is 0 Å². The first-order valence-electron chi connectivity index (χ1n) is 9.30. The minimum Gasteiger partial charge on any atom is -0.480 e. The summed E-state index contributed by atoms with van der Waals surface area (Å²) < 4.78 is 0. The Morgan fingerprint density at radius 1 is 1.17 bits per heavy atom. The average molecular weight is 394 g/mol. The maximum absolute atomic E-state index is 13.2. The number of amides is 1. The normalized spacial score (nSPS) is 21.1. The molecule has 0 saturated carbocycles. The van der Waals surface area contributed by atoms with Crippen molar-refractivity contribution >= 4 is 17.6 Å². The molecule has 2 N–H and O–H groups in total. The summed E-state index contributed by atoms with van der Waals surface area (Å²) in [5.74, 6) is -2.38. The summed E-state index contributed by atoms with van der Waals surface area (Å²) in [6, 6.07) is 15.0. The third kappa shape index (κ3) is 4.03. The first kappa shape index (κ1) is 20.3. The minimum atomic E-state index is -1.68. The molecule has 29 heavy (non-hydrogen) atoms. The van der Waals surface area contributed by atoms with Crippen LogP contribution in [0.5, 0.6) is 0 Å². The van der Waals surface area contributed by atoms with Crippen LogP contribution >= 0.6 is 0 Å². The van der Waals surface area contributed by atoms with Gasteiger partial charge in [0.1, 0.15) is 0 Å². The summed E-state index contributed by atoms with van der Waals surface area (Å²) in [7, 11) is 0. The van der Waals surface area contributed by atoms with Gasteiger partial charge in [-0.05, 0) is 30.9 Å².